The van der Waals surface area contributed by atoms with Crippen molar-refractivity contribution in [2.45, 2.75) is 32.3 Å². The third kappa shape index (κ3) is 3.97. The molecule has 0 aliphatic heterocycles. The van der Waals surface area contributed by atoms with Gasteiger partial charge in [0.1, 0.15) is 5.75 Å². The Kier molecular flexibility index (Phi) is 5.01. The van der Waals surface area contributed by atoms with E-state index in [-0.39, 0.29) is 12.0 Å². The first-order chi connectivity index (χ1) is 9.58. The number of hydrogen-bond acceptors (Lipinski definition) is 3. The highest BCUT2D eigenvalue weighted by Gasteiger charge is 2.28. The van der Waals surface area contributed by atoms with Gasteiger partial charge in [0.25, 0.3) is 0 Å². The van der Waals surface area contributed by atoms with E-state index in [1.54, 1.807) is 4.90 Å². The summed E-state index contributed by atoms with van der Waals surface area (Å²) in [7, 11) is 1.83. The highest BCUT2D eigenvalue weighted by molar-refractivity contribution is 5.78. The van der Waals surface area contributed by atoms with Gasteiger partial charge in [0.05, 0.1) is 19.1 Å². The molecule has 0 spiro atoms. The molecule has 0 atom stereocenters. The molecule has 0 radical (unpaired) electrons. The summed E-state index contributed by atoms with van der Waals surface area (Å²) in [5.74, 6) is 1.41. The summed E-state index contributed by atoms with van der Waals surface area (Å²) in [5.41, 5.74) is 0.999. The smallest absolute Gasteiger partial charge is 0.226 e. The fourth-order valence-corrected chi connectivity index (χ4v) is 2.52. The number of nitrogens with zero attached hydrogens (tertiary/aromatic N) is 1. The molecule has 1 aromatic carbocycles. The first kappa shape index (κ1) is 14.9. The Hall–Kier alpha value is -1.55. The maximum absolute atomic E-state index is 12.1. The molecule has 1 fully saturated rings. The van der Waals surface area contributed by atoms with Crippen molar-refractivity contribution in [3.05, 3.63) is 29.8 Å². The zero-order valence-corrected chi connectivity index (χ0v) is 12.2. The van der Waals surface area contributed by atoms with Crippen molar-refractivity contribution in [3.8, 4) is 5.75 Å². The predicted molar refractivity (Wildman–Crippen MR) is 77.7 cm³/mol. The zero-order valence-electron chi connectivity index (χ0n) is 12.2. The van der Waals surface area contributed by atoms with Gasteiger partial charge < -0.3 is 14.7 Å². The molecule has 20 heavy (non-hydrogen) atoms. The van der Waals surface area contributed by atoms with E-state index < -0.39 is 0 Å². The standard InChI is InChI=1S/C16H23NO3/c1-3-20-15-6-4-12(5-7-15)10-16(19)17(2)11-13-8-14(18)9-13/h4-7,13-14,18H,3,8-11H2,1-2H3. The molecule has 1 aliphatic carbocycles. The van der Waals surface area contributed by atoms with Crippen LogP contribution in [0.3, 0.4) is 0 Å². The van der Waals surface area contributed by atoms with Crippen molar-refractivity contribution < 1.29 is 14.6 Å². The van der Waals surface area contributed by atoms with Gasteiger partial charge in [0, 0.05) is 13.6 Å². The fraction of sp³-hybridized carbons (Fsp3) is 0.562. The van der Waals surface area contributed by atoms with Crippen LogP contribution in [0, 0.1) is 5.92 Å². The molecule has 1 amide bonds. The Bertz CT molecular complexity index is 438. The number of aliphatic hydroxyl groups is 1. The number of carbonyl (C=O) groups is 1. The maximum atomic E-state index is 12.1. The minimum Gasteiger partial charge on any atom is -0.494 e. The minimum absolute atomic E-state index is 0.121. The fourth-order valence-electron chi connectivity index (χ4n) is 2.52. The lowest BCUT2D eigenvalue weighted by Gasteiger charge is -2.34. The minimum atomic E-state index is -0.158. The molecule has 0 saturated heterocycles. The van der Waals surface area contributed by atoms with E-state index in [2.05, 4.69) is 0 Å². The second-order valence-electron chi connectivity index (χ2n) is 5.52. The normalized spacial score (nSPS) is 21.1. The van der Waals surface area contributed by atoms with Crippen LogP contribution < -0.4 is 4.74 Å². The average molecular weight is 277 g/mol. The molecule has 1 aromatic rings. The van der Waals surface area contributed by atoms with E-state index in [0.29, 0.717) is 18.9 Å². The van der Waals surface area contributed by atoms with Gasteiger partial charge in [-0.1, -0.05) is 12.1 Å². The van der Waals surface area contributed by atoms with Crippen LogP contribution in [-0.2, 0) is 11.2 Å². The Morgan fingerprint density at radius 1 is 1.35 bits per heavy atom. The summed E-state index contributed by atoms with van der Waals surface area (Å²) in [4.78, 5) is 13.9. The SMILES string of the molecule is CCOc1ccc(CC(=O)N(C)CC2CC(O)C2)cc1. The number of rotatable bonds is 6. The lowest BCUT2D eigenvalue weighted by atomic mass is 9.82. The summed E-state index contributed by atoms with van der Waals surface area (Å²) in [6, 6.07) is 7.66. The van der Waals surface area contributed by atoms with Crippen LogP contribution >= 0.6 is 0 Å². The van der Waals surface area contributed by atoms with Gasteiger partial charge in [-0.2, -0.15) is 0 Å². The largest absolute Gasteiger partial charge is 0.494 e. The van der Waals surface area contributed by atoms with Gasteiger partial charge >= 0.3 is 0 Å². The number of carbonyl (C=O) groups excluding carboxylic acids is 1. The molecule has 1 N–H and O–H groups in total. The molecular weight excluding hydrogens is 254 g/mol. The van der Waals surface area contributed by atoms with E-state index in [9.17, 15) is 9.90 Å². The molecule has 110 valence electrons. The van der Waals surface area contributed by atoms with E-state index in [1.807, 2.05) is 38.2 Å². The first-order valence-electron chi connectivity index (χ1n) is 7.22. The van der Waals surface area contributed by atoms with Crippen LogP contribution in [0.1, 0.15) is 25.3 Å². The predicted octanol–water partition coefficient (Wildman–Crippen LogP) is 1.86. The molecule has 2 rings (SSSR count). The number of amides is 1. The van der Waals surface area contributed by atoms with Crippen molar-refractivity contribution in [1.82, 2.24) is 4.90 Å². The number of hydrogen-bond donors (Lipinski definition) is 1. The molecular formula is C16H23NO3. The Morgan fingerprint density at radius 3 is 2.55 bits per heavy atom. The van der Waals surface area contributed by atoms with Gasteiger partial charge in [-0.15, -0.1) is 0 Å². The molecule has 0 aromatic heterocycles. The molecule has 4 nitrogen and oxygen atoms in total. The van der Waals surface area contributed by atoms with Crippen LogP contribution in [0.25, 0.3) is 0 Å². The zero-order chi connectivity index (χ0) is 14.5. The lowest BCUT2D eigenvalue weighted by molar-refractivity contribution is -0.130. The molecule has 0 unspecified atom stereocenters. The van der Waals surface area contributed by atoms with Crippen molar-refractivity contribution in [3.63, 3.8) is 0 Å². The van der Waals surface area contributed by atoms with Gasteiger partial charge in [-0.25, -0.2) is 0 Å². The second kappa shape index (κ2) is 6.75. The van der Waals surface area contributed by atoms with E-state index in [0.717, 1.165) is 30.7 Å². The topological polar surface area (TPSA) is 49.8 Å². The average Bonchev–Trinajstić information content (AvgIpc) is 2.39. The van der Waals surface area contributed by atoms with Crippen LogP contribution in [0.4, 0.5) is 0 Å². The highest BCUT2D eigenvalue weighted by Crippen LogP contribution is 2.27. The molecule has 0 heterocycles. The van der Waals surface area contributed by atoms with E-state index >= 15 is 0 Å². The number of benzene rings is 1. The summed E-state index contributed by atoms with van der Waals surface area (Å²) in [5, 5.41) is 9.26. The van der Waals surface area contributed by atoms with Crippen molar-refractivity contribution >= 4 is 5.91 Å². The Labute approximate surface area is 120 Å². The molecule has 4 heteroatoms. The van der Waals surface area contributed by atoms with Gasteiger partial charge in [0.2, 0.25) is 5.91 Å². The van der Waals surface area contributed by atoms with Crippen molar-refractivity contribution in [2.75, 3.05) is 20.2 Å². The van der Waals surface area contributed by atoms with Crippen LogP contribution in [0.15, 0.2) is 24.3 Å². The van der Waals surface area contributed by atoms with E-state index in [1.165, 1.54) is 0 Å². The highest BCUT2D eigenvalue weighted by atomic mass is 16.5. The van der Waals surface area contributed by atoms with Crippen LogP contribution in [-0.4, -0.2) is 42.2 Å². The third-order valence-electron chi connectivity index (χ3n) is 3.76. The number of ether oxygens (including phenoxy) is 1. The summed E-state index contributed by atoms with van der Waals surface area (Å²) < 4.78 is 5.38. The quantitative estimate of drug-likeness (QED) is 0.863. The lowest BCUT2D eigenvalue weighted by Crippen LogP contribution is -2.40. The van der Waals surface area contributed by atoms with Crippen molar-refractivity contribution in [2.24, 2.45) is 5.92 Å². The summed E-state index contributed by atoms with van der Waals surface area (Å²) in [6.07, 6.45) is 1.90. The van der Waals surface area contributed by atoms with E-state index in [4.69, 9.17) is 4.74 Å². The van der Waals surface area contributed by atoms with Crippen LogP contribution in [0.2, 0.25) is 0 Å². The van der Waals surface area contributed by atoms with Crippen molar-refractivity contribution in [1.29, 1.82) is 0 Å². The third-order valence-corrected chi connectivity index (χ3v) is 3.76. The Balaban J connectivity index is 1.80. The van der Waals surface area contributed by atoms with Gasteiger partial charge in [-0.05, 0) is 43.4 Å². The molecule has 1 aliphatic rings. The molecule has 1 saturated carbocycles. The summed E-state index contributed by atoms with van der Waals surface area (Å²) in [6.45, 7) is 3.34. The maximum Gasteiger partial charge on any atom is 0.226 e. The molecule has 0 bridgehead atoms. The summed E-state index contributed by atoms with van der Waals surface area (Å²) >= 11 is 0. The Morgan fingerprint density at radius 2 is 2.00 bits per heavy atom. The monoisotopic (exact) mass is 277 g/mol. The van der Waals surface area contributed by atoms with Gasteiger partial charge in [-0.3, -0.25) is 4.79 Å². The van der Waals surface area contributed by atoms with Gasteiger partial charge in [0.15, 0.2) is 0 Å². The first-order valence-corrected chi connectivity index (χ1v) is 7.22. The number of likely N-dealkylation sites (N-methyl/N-ethyl adjacent to an activating group) is 1. The van der Waals surface area contributed by atoms with Crippen LogP contribution in [0.5, 0.6) is 5.75 Å². The second-order valence-corrected chi connectivity index (χ2v) is 5.52. The number of aliphatic hydroxyl groups excluding tert-OH is 1.